The fourth-order valence-corrected chi connectivity index (χ4v) is 2.09. The molecule has 4 nitrogen and oxygen atoms in total. The lowest BCUT2D eigenvalue weighted by atomic mass is 10.0. The van der Waals surface area contributed by atoms with Crippen LogP contribution in [0.1, 0.15) is 28.6 Å². The van der Waals surface area contributed by atoms with Gasteiger partial charge in [-0.15, -0.1) is 0 Å². The van der Waals surface area contributed by atoms with Crippen molar-refractivity contribution in [3.05, 3.63) is 83.9 Å². The van der Waals surface area contributed by atoms with Crippen LogP contribution in [0.15, 0.2) is 70.6 Å². The maximum Gasteiger partial charge on any atom is 0.291 e. The second kappa shape index (κ2) is 7.35. The minimum absolute atomic E-state index is 0.220. The zero-order valence-corrected chi connectivity index (χ0v) is 13.0. The molecule has 0 aliphatic heterocycles. The maximum absolute atomic E-state index is 13.2. The van der Waals surface area contributed by atoms with E-state index in [2.05, 4.69) is 16.9 Å². The molecule has 0 atom stereocenters. The van der Waals surface area contributed by atoms with Crippen molar-refractivity contribution in [2.24, 2.45) is 4.99 Å². The zero-order chi connectivity index (χ0) is 16.8. The van der Waals surface area contributed by atoms with Gasteiger partial charge in [-0.2, -0.15) is 0 Å². The van der Waals surface area contributed by atoms with Gasteiger partial charge in [-0.25, -0.2) is 4.39 Å². The monoisotopic (exact) mass is 312 g/mol. The molecule has 1 aromatic heterocycles. The van der Waals surface area contributed by atoms with E-state index in [-0.39, 0.29) is 17.5 Å². The van der Waals surface area contributed by atoms with Gasteiger partial charge in [0.2, 0.25) is 0 Å². The van der Waals surface area contributed by atoms with E-state index in [0.29, 0.717) is 11.4 Å². The standard InChI is InChI=1S/C18H17FN2O2/c1-4-20-16(15-8-7-14(19)10-12(15)2)11-13(3)21-18(22)17-6-5-9-23-17/h4-11H,1H2,2-3H3,(H,21,22)/b13-11+,20-16?. The Morgan fingerprint density at radius 2 is 2.17 bits per heavy atom. The number of aryl methyl sites for hydroxylation is 1. The minimum Gasteiger partial charge on any atom is -0.459 e. The molecular formula is C18H17FN2O2. The molecule has 5 heteroatoms. The van der Waals surface area contributed by atoms with E-state index in [9.17, 15) is 9.18 Å². The van der Waals surface area contributed by atoms with Crippen LogP contribution in [-0.4, -0.2) is 11.6 Å². The predicted molar refractivity (Wildman–Crippen MR) is 87.8 cm³/mol. The van der Waals surface area contributed by atoms with Crippen molar-refractivity contribution < 1.29 is 13.6 Å². The Morgan fingerprint density at radius 1 is 1.39 bits per heavy atom. The highest BCUT2D eigenvalue weighted by molar-refractivity contribution is 6.10. The van der Waals surface area contributed by atoms with Crippen molar-refractivity contribution in [1.29, 1.82) is 0 Å². The number of nitrogens with one attached hydrogen (secondary N) is 1. The van der Waals surface area contributed by atoms with Gasteiger partial charge >= 0.3 is 0 Å². The first-order valence-electron chi connectivity index (χ1n) is 6.99. The predicted octanol–water partition coefficient (Wildman–Crippen LogP) is 3.99. The number of nitrogens with zero attached hydrogens (tertiary/aromatic N) is 1. The first kappa shape index (κ1) is 16.4. The van der Waals surface area contributed by atoms with Gasteiger partial charge in [-0.1, -0.05) is 6.58 Å². The van der Waals surface area contributed by atoms with Crippen molar-refractivity contribution in [2.75, 3.05) is 0 Å². The summed E-state index contributed by atoms with van der Waals surface area (Å²) in [6.45, 7) is 7.12. The molecule has 1 N–H and O–H groups in total. The molecule has 0 unspecified atom stereocenters. The molecule has 0 bridgehead atoms. The van der Waals surface area contributed by atoms with E-state index in [0.717, 1.165) is 11.1 Å². The molecule has 0 aliphatic carbocycles. The second-order valence-corrected chi connectivity index (χ2v) is 4.91. The summed E-state index contributed by atoms with van der Waals surface area (Å²) in [4.78, 5) is 16.2. The Morgan fingerprint density at radius 3 is 2.78 bits per heavy atom. The van der Waals surface area contributed by atoms with E-state index in [1.807, 2.05) is 0 Å². The van der Waals surface area contributed by atoms with Crippen molar-refractivity contribution in [3.8, 4) is 0 Å². The molecule has 1 amide bonds. The molecule has 0 saturated heterocycles. The molecule has 2 aromatic rings. The van der Waals surface area contributed by atoms with Gasteiger partial charge in [0, 0.05) is 17.5 Å². The molecule has 0 saturated carbocycles. The summed E-state index contributed by atoms with van der Waals surface area (Å²) in [6.07, 6.45) is 4.53. The number of allylic oxidation sites excluding steroid dienone is 2. The zero-order valence-electron chi connectivity index (χ0n) is 13.0. The molecule has 0 fully saturated rings. The van der Waals surface area contributed by atoms with Crippen molar-refractivity contribution in [2.45, 2.75) is 13.8 Å². The molecule has 0 spiro atoms. The van der Waals surface area contributed by atoms with E-state index < -0.39 is 0 Å². The van der Waals surface area contributed by atoms with Crippen molar-refractivity contribution in [3.63, 3.8) is 0 Å². The molecule has 1 aromatic carbocycles. The first-order valence-corrected chi connectivity index (χ1v) is 6.99. The minimum atomic E-state index is -0.350. The van der Waals surface area contributed by atoms with Crippen LogP contribution < -0.4 is 5.32 Å². The molecule has 2 rings (SSSR count). The SMILES string of the molecule is C=CN=C(/C=C(\C)NC(=O)c1ccco1)c1ccc(F)cc1C. The van der Waals surface area contributed by atoms with E-state index in [1.54, 1.807) is 38.1 Å². The van der Waals surface area contributed by atoms with E-state index in [4.69, 9.17) is 4.42 Å². The van der Waals surface area contributed by atoms with Gasteiger partial charge in [0.1, 0.15) is 5.82 Å². The quantitative estimate of drug-likeness (QED) is 0.849. The van der Waals surface area contributed by atoms with Crippen LogP contribution in [0.2, 0.25) is 0 Å². The summed E-state index contributed by atoms with van der Waals surface area (Å²) in [7, 11) is 0. The Kier molecular flexibility index (Phi) is 5.25. The number of aliphatic imine (C=N–C) groups is 1. The van der Waals surface area contributed by atoms with Gasteiger partial charge in [0.15, 0.2) is 5.76 Å². The molecular weight excluding hydrogens is 295 g/mol. The third kappa shape index (κ3) is 4.26. The highest BCUT2D eigenvalue weighted by Crippen LogP contribution is 2.13. The van der Waals surface area contributed by atoms with Gasteiger partial charge in [-0.3, -0.25) is 9.79 Å². The van der Waals surface area contributed by atoms with Crippen LogP contribution in [-0.2, 0) is 0 Å². The van der Waals surface area contributed by atoms with Crippen molar-refractivity contribution in [1.82, 2.24) is 5.32 Å². The fraction of sp³-hybridized carbons (Fsp3) is 0.111. The molecule has 1 heterocycles. The molecule has 0 radical (unpaired) electrons. The normalized spacial score (nSPS) is 12.1. The van der Waals surface area contributed by atoms with Gasteiger partial charge in [0.25, 0.3) is 5.91 Å². The third-order valence-electron chi connectivity index (χ3n) is 3.10. The number of rotatable bonds is 5. The molecule has 0 aliphatic rings. The number of hydrogen-bond donors (Lipinski definition) is 1. The van der Waals surface area contributed by atoms with E-state index >= 15 is 0 Å². The summed E-state index contributed by atoms with van der Waals surface area (Å²) in [5, 5.41) is 2.71. The third-order valence-corrected chi connectivity index (χ3v) is 3.10. The van der Waals surface area contributed by atoms with Crippen LogP contribution in [0.4, 0.5) is 4.39 Å². The average molecular weight is 312 g/mol. The summed E-state index contributed by atoms with van der Waals surface area (Å²) in [5.74, 6) is -0.438. The summed E-state index contributed by atoms with van der Waals surface area (Å²) in [5.41, 5.74) is 2.66. The highest BCUT2D eigenvalue weighted by Gasteiger charge is 2.10. The van der Waals surface area contributed by atoms with Gasteiger partial charge < -0.3 is 9.73 Å². The number of halogens is 1. The Bertz CT molecular complexity index is 774. The lowest BCUT2D eigenvalue weighted by Gasteiger charge is -2.08. The number of benzene rings is 1. The maximum atomic E-state index is 13.2. The Balaban J connectivity index is 2.26. The summed E-state index contributed by atoms with van der Waals surface area (Å²) < 4.78 is 18.3. The number of furan rings is 1. The van der Waals surface area contributed by atoms with Crippen LogP contribution in [0.5, 0.6) is 0 Å². The fourth-order valence-electron chi connectivity index (χ4n) is 2.09. The van der Waals surface area contributed by atoms with Crippen molar-refractivity contribution >= 4 is 11.6 Å². The molecule has 118 valence electrons. The number of carbonyl (C=O) groups excluding carboxylic acids is 1. The lowest BCUT2D eigenvalue weighted by molar-refractivity contribution is 0.0938. The van der Waals surface area contributed by atoms with Crippen LogP contribution in [0.3, 0.4) is 0 Å². The second-order valence-electron chi connectivity index (χ2n) is 4.91. The topological polar surface area (TPSA) is 54.6 Å². The number of carbonyl (C=O) groups is 1. The summed E-state index contributed by atoms with van der Waals surface area (Å²) in [6, 6.07) is 7.65. The highest BCUT2D eigenvalue weighted by atomic mass is 19.1. The van der Waals surface area contributed by atoms with Crippen LogP contribution in [0, 0.1) is 12.7 Å². The van der Waals surface area contributed by atoms with Crippen LogP contribution >= 0.6 is 0 Å². The summed E-state index contributed by atoms with van der Waals surface area (Å²) >= 11 is 0. The average Bonchev–Trinajstić information content (AvgIpc) is 3.01. The number of hydrogen-bond acceptors (Lipinski definition) is 3. The Hall–Kier alpha value is -2.95. The lowest BCUT2D eigenvalue weighted by Crippen LogP contribution is -2.21. The first-order chi connectivity index (χ1) is 11.0. The smallest absolute Gasteiger partial charge is 0.291 e. The van der Waals surface area contributed by atoms with E-state index in [1.165, 1.54) is 24.6 Å². The number of amides is 1. The largest absolute Gasteiger partial charge is 0.459 e. The van der Waals surface area contributed by atoms with Gasteiger partial charge in [0.05, 0.1) is 12.0 Å². The van der Waals surface area contributed by atoms with Crippen LogP contribution in [0.25, 0.3) is 0 Å². The molecule has 23 heavy (non-hydrogen) atoms. The Labute approximate surface area is 134 Å². The van der Waals surface area contributed by atoms with Gasteiger partial charge in [-0.05, 0) is 55.8 Å².